The molecule has 0 aliphatic carbocycles. The zero-order valence-corrected chi connectivity index (χ0v) is 11.6. The molecule has 0 unspecified atom stereocenters. The van der Waals surface area contributed by atoms with E-state index in [-0.39, 0.29) is 5.91 Å². The lowest BCUT2D eigenvalue weighted by molar-refractivity contribution is 0.101. The molecule has 1 heterocycles. The first-order chi connectivity index (χ1) is 9.69. The fraction of sp³-hybridized carbons (Fsp3) is 0.267. The molecule has 0 atom stereocenters. The molecular formula is C15H16N4O. The quantitative estimate of drug-likeness (QED) is 0.926. The molecule has 5 nitrogen and oxygen atoms in total. The Hall–Kier alpha value is -2.61. The zero-order valence-electron chi connectivity index (χ0n) is 11.6. The number of nitrogens with zero attached hydrogens (tertiary/aromatic N) is 3. The van der Waals surface area contributed by atoms with Gasteiger partial charge in [0.15, 0.2) is 0 Å². The molecule has 2 rings (SSSR count). The summed E-state index contributed by atoms with van der Waals surface area (Å²) in [4.78, 5) is 12.3. The van der Waals surface area contributed by atoms with Crippen LogP contribution in [0.3, 0.4) is 0 Å². The van der Waals surface area contributed by atoms with Gasteiger partial charge in [-0.3, -0.25) is 9.48 Å². The lowest BCUT2D eigenvalue weighted by atomic mass is 10.2. The van der Waals surface area contributed by atoms with Crippen LogP contribution in [-0.4, -0.2) is 15.7 Å². The summed E-state index contributed by atoms with van der Waals surface area (Å²) in [5, 5.41) is 16.1. The van der Waals surface area contributed by atoms with E-state index in [1.54, 1.807) is 35.0 Å². The summed E-state index contributed by atoms with van der Waals surface area (Å²) in [7, 11) is 0. The van der Waals surface area contributed by atoms with Gasteiger partial charge in [-0.1, -0.05) is 19.1 Å². The average molecular weight is 268 g/mol. The normalized spacial score (nSPS) is 10.1. The summed E-state index contributed by atoms with van der Waals surface area (Å²) in [6.45, 7) is 4.56. The van der Waals surface area contributed by atoms with E-state index in [1.165, 1.54) is 0 Å². The summed E-state index contributed by atoms with van der Waals surface area (Å²) >= 11 is 0. The molecule has 1 aromatic heterocycles. The van der Waals surface area contributed by atoms with Crippen LogP contribution >= 0.6 is 0 Å². The Bertz CT molecular complexity index is 667. The number of amides is 1. The molecular weight excluding hydrogens is 252 g/mol. The highest BCUT2D eigenvalue weighted by atomic mass is 16.2. The highest BCUT2D eigenvalue weighted by molar-refractivity contribution is 6.03. The Morgan fingerprint density at radius 3 is 2.80 bits per heavy atom. The number of anilines is 1. The number of aryl methyl sites for hydroxylation is 2. The van der Waals surface area contributed by atoms with E-state index in [9.17, 15) is 4.79 Å². The average Bonchev–Trinajstić information content (AvgIpc) is 2.91. The lowest BCUT2D eigenvalue weighted by Crippen LogP contribution is -2.17. The van der Waals surface area contributed by atoms with Crippen LogP contribution in [0.1, 0.15) is 35.6 Å². The second-order valence-corrected chi connectivity index (χ2v) is 4.30. The number of hydrogen-bond donors (Lipinski definition) is 1. The zero-order chi connectivity index (χ0) is 14.5. The number of nitrogens with one attached hydrogen (secondary N) is 1. The topological polar surface area (TPSA) is 70.7 Å². The second-order valence-electron chi connectivity index (χ2n) is 4.30. The van der Waals surface area contributed by atoms with Gasteiger partial charge in [-0.2, -0.15) is 10.4 Å². The van der Waals surface area contributed by atoms with Crippen molar-refractivity contribution in [3.63, 3.8) is 0 Å². The van der Waals surface area contributed by atoms with Crippen molar-refractivity contribution in [1.82, 2.24) is 9.78 Å². The summed E-state index contributed by atoms with van der Waals surface area (Å²) in [6, 6.07) is 10.8. The molecule has 1 amide bonds. The Balaban J connectivity index is 2.28. The first kappa shape index (κ1) is 13.8. The number of benzene rings is 1. The van der Waals surface area contributed by atoms with Gasteiger partial charge in [0.1, 0.15) is 11.8 Å². The first-order valence-electron chi connectivity index (χ1n) is 6.56. The third kappa shape index (κ3) is 2.69. The Labute approximate surface area is 117 Å². The minimum absolute atomic E-state index is 0.248. The molecule has 102 valence electrons. The van der Waals surface area contributed by atoms with E-state index in [1.807, 2.05) is 13.8 Å². The standard InChI is InChI=1S/C15H16N4O/c1-3-12-9-14(19(4-2)18-12)15(20)17-13-8-6-5-7-11(13)10-16/h5-9H,3-4H2,1-2H3,(H,17,20). The smallest absolute Gasteiger partial charge is 0.273 e. The van der Waals surface area contributed by atoms with Crippen LogP contribution in [0.15, 0.2) is 30.3 Å². The Kier molecular flexibility index (Phi) is 4.16. The molecule has 5 heteroatoms. The predicted octanol–water partition coefficient (Wildman–Crippen LogP) is 2.59. The molecule has 0 aliphatic rings. The van der Waals surface area contributed by atoms with Gasteiger partial charge in [0.05, 0.1) is 16.9 Å². The van der Waals surface area contributed by atoms with Crippen LogP contribution < -0.4 is 5.32 Å². The van der Waals surface area contributed by atoms with Crippen molar-refractivity contribution in [3.8, 4) is 6.07 Å². The summed E-state index contributed by atoms with van der Waals surface area (Å²) in [5.41, 5.74) is 2.35. The van der Waals surface area contributed by atoms with E-state index in [2.05, 4.69) is 16.5 Å². The monoisotopic (exact) mass is 268 g/mol. The van der Waals surface area contributed by atoms with E-state index < -0.39 is 0 Å². The molecule has 0 bridgehead atoms. The number of hydrogen-bond acceptors (Lipinski definition) is 3. The fourth-order valence-electron chi connectivity index (χ4n) is 1.94. The molecule has 1 aromatic carbocycles. The van der Waals surface area contributed by atoms with E-state index in [0.717, 1.165) is 12.1 Å². The minimum Gasteiger partial charge on any atom is -0.319 e. The van der Waals surface area contributed by atoms with Gasteiger partial charge in [0.25, 0.3) is 5.91 Å². The van der Waals surface area contributed by atoms with Gasteiger partial charge < -0.3 is 5.32 Å². The highest BCUT2D eigenvalue weighted by Gasteiger charge is 2.15. The van der Waals surface area contributed by atoms with Crippen LogP contribution in [0.25, 0.3) is 0 Å². The van der Waals surface area contributed by atoms with Crippen LogP contribution in [-0.2, 0) is 13.0 Å². The van der Waals surface area contributed by atoms with Crippen molar-refractivity contribution < 1.29 is 4.79 Å². The van der Waals surface area contributed by atoms with Crippen LogP contribution in [0.2, 0.25) is 0 Å². The van der Waals surface area contributed by atoms with Gasteiger partial charge in [-0.05, 0) is 31.5 Å². The largest absolute Gasteiger partial charge is 0.319 e. The molecule has 0 saturated heterocycles. The maximum Gasteiger partial charge on any atom is 0.273 e. The van der Waals surface area contributed by atoms with Gasteiger partial charge >= 0.3 is 0 Å². The summed E-state index contributed by atoms with van der Waals surface area (Å²) in [5.74, 6) is -0.248. The van der Waals surface area contributed by atoms with Gasteiger partial charge in [-0.15, -0.1) is 0 Å². The number of nitriles is 1. The van der Waals surface area contributed by atoms with Gasteiger partial charge in [0, 0.05) is 6.54 Å². The maximum absolute atomic E-state index is 12.3. The summed E-state index contributed by atoms with van der Waals surface area (Å²) in [6.07, 6.45) is 0.780. The first-order valence-corrected chi connectivity index (χ1v) is 6.56. The molecule has 2 aromatic rings. The van der Waals surface area contributed by atoms with Crippen LogP contribution in [0, 0.1) is 11.3 Å². The van der Waals surface area contributed by atoms with E-state index >= 15 is 0 Å². The van der Waals surface area contributed by atoms with Crippen molar-refractivity contribution in [2.45, 2.75) is 26.8 Å². The minimum atomic E-state index is -0.248. The fourth-order valence-corrected chi connectivity index (χ4v) is 1.94. The van der Waals surface area contributed by atoms with Gasteiger partial charge in [-0.25, -0.2) is 0 Å². The lowest BCUT2D eigenvalue weighted by Gasteiger charge is -2.07. The maximum atomic E-state index is 12.3. The molecule has 1 N–H and O–H groups in total. The van der Waals surface area contributed by atoms with Crippen molar-refractivity contribution in [3.05, 3.63) is 47.3 Å². The summed E-state index contributed by atoms with van der Waals surface area (Å²) < 4.78 is 1.67. The van der Waals surface area contributed by atoms with Crippen LogP contribution in [0.5, 0.6) is 0 Å². The Morgan fingerprint density at radius 2 is 2.15 bits per heavy atom. The van der Waals surface area contributed by atoms with Gasteiger partial charge in [0.2, 0.25) is 0 Å². The van der Waals surface area contributed by atoms with Crippen LogP contribution in [0.4, 0.5) is 5.69 Å². The second kappa shape index (κ2) is 6.02. The molecule has 0 spiro atoms. The molecule has 20 heavy (non-hydrogen) atoms. The van der Waals surface area contributed by atoms with E-state index in [0.29, 0.717) is 23.5 Å². The van der Waals surface area contributed by atoms with Crippen molar-refractivity contribution >= 4 is 11.6 Å². The number of aromatic nitrogens is 2. The third-order valence-electron chi connectivity index (χ3n) is 3.02. The number of carbonyl (C=O) groups excluding carboxylic acids is 1. The number of carbonyl (C=O) groups is 1. The molecule has 0 saturated carbocycles. The van der Waals surface area contributed by atoms with E-state index in [4.69, 9.17) is 5.26 Å². The number of para-hydroxylation sites is 1. The molecule has 0 aliphatic heterocycles. The predicted molar refractivity (Wildman–Crippen MR) is 76.4 cm³/mol. The molecule has 0 radical (unpaired) electrons. The third-order valence-corrected chi connectivity index (χ3v) is 3.02. The highest BCUT2D eigenvalue weighted by Crippen LogP contribution is 2.15. The van der Waals surface area contributed by atoms with Crippen molar-refractivity contribution in [2.75, 3.05) is 5.32 Å². The molecule has 0 fully saturated rings. The van der Waals surface area contributed by atoms with Crippen molar-refractivity contribution in [1.29, 1.82) is 5.26 Å². The Morgan fingerprint density at radius 1 is 1.40 bits per heavy atom. The number of rotatable bonds is 4. The SMILES string of the molecule is CCc1cc(C(=O)Nc2ccccc2C#N)n(CC)n1. The van der Waals surface area contributed by atoms with Crippen molar-refractivity contribution in [2.24, 2.45) is 0 Å².